The fourth-order valence-corrected chi connectivity index (χ4v) is 4.72. The Morgan fingerprint density at radius 1 is 1.17 bits per heavy atom. The van der Waals surface area contributed by atoms with Crippen LogP contribution in [0.15, 0.2) is 29.8 Å². The Hall–Kier alpha value is -3.50. The minimum absolute atomic E-state index is 0.106. The van der Waals surface area contributed by atoms with Crippen LogP contribution >= 0.6 is 0 Å². The Morgan fingerprint density at radius 3 is 2.46 bits per heavy atom. The van der Waals surface area contributed by atoms with Crippen LogP contribution in [-0.2, 0) is 19.1 Å². The number of benzene rings is 1. The van der Waals surface area contributed by atoms with Crippen LogP contribution in [0.2, 0.25) is 0 Å². The van der Waals surface area contributed by atoms with E-state index in [1.807, 2.05) is 0 Å². The molecule has 10 heteroatoms. The van der Waals surface area contributed by atoms with E-state index in [-0.39, 0.29) is 23.4 Å². The molecule has 0 bridgehead atoms. The molecule has 3 heterocycles. The van der Waals surface area contributed by atoms with Crippen molar-refractivity contribution < 1.29 is 33.4 Å². The zero-order chi connectivity index (χ0) is 25.3. The molecule has 2 aliphatic rings. The van der Waals surface area contributed by atoms with Crippen molar-refractivity contribution in [3.8, 4) is 0 Å². The molecule has 1 aromatic carbocycles. The van der Waals surface area contributed by atoms with Gasteiger partial charge in [0, 0.05) is 37.4 Å². The van der Waals surface area contributed by atoms with E-state index in [4.69, 9.17) is 9.47 Å². The van der Waals surface area contributed by atoms with Gasteiger partial charge in [-0.05, 0) is 37.1 Å². The van der Waals surface area contributed by atoms with Crippen LogP contribution in [0, 0.1) is 19.7 Å². The second-order valence-electron chi connectivity index (χ2n) is 8.61. The van der Waals surface area contributed by atoms with Gasteiger partial charge in [0.25, 0.3) is 11.7 Å². The molecule has 0 spiro atoms. The van der Waals surface area contributed by atoms with Gasteiger partial charge < -0.3 is 24.5 Å². The highest BCUT2D eigenvalue weighted by Gasteiger charge is 2.46. The summed E-state index contributed by atoms with van der Waals surface area (Å²) >= 11 is 0. The van der Waals surface area contributed by atoms with Gasteiger partial charge in [-0.2, -0.15) is 0 Å². The molecule has 2 aliphatic heterocycles. The number of amides is 1. The number of aromatic nitrogens is 1. The summed E-state index contributed by atoms with van der Waals surface area (Å²) in [4.78, 5) is 44.9. The maximum Gasteiger partial charge on any atom is 0.354 e. The molecule has 0 aliphatic carbocycles. The second kappa shape index (κ2) is 10.0. The van der Waals surface area contributed by atoms with Crippen molar-refractivity contribution in [1.82, 2.24) is 14.8 Å². The molecule has 2 N–H and O–H groups in total. The highest BCUT2D eigenvalue weighted by atomic mass is 19.1. The molecule has 35 heavy (non-hydrogen) atoms. The van der Waals surface area contributed by atoms with Crippen molar-refractivity contribution in [3.63, 3.8) is 0 Å². The number of aryl methyl sites for hydroxylation is 1. The number of Topliss-reactive ketones (excluding diaryl/α,β-unsaturated/α-hetero) is 1. The monoisotopic (exact) mass is 485 g/mol. The van der Waals surface area contributed by atoms with Crippen LogP contribution in [0.4, 0.5) is 4.39 Å². The number of nitrogens with one attached hydrogen (secondary N) is 1. The largest absolute Gasteiger partial charge is 0.507 e. The lowest BCUT2D eigenvalue weighted by Crippen LogP contribution is -2.42. The summed E-state index contributed by atoms with van der Waals surface area (Å²) in [7, 11) is 1.24. The number of likely N-dealkylation sites (tertiary alicyclic amines) is 1. The normalized spacial score (nSPS) is 20.5. The number of carbonyl (C=O) groups excluding carboxylic acids is 3. The maximum absolute atomic E-state index is 13.7. The molecule has 1 aromatic heterocycles. The number of esters is 1. The van der Waals surface area contributed by atoms with Gasteiger partial charge in [-0.15, -0.1) is 0 Å². The van der Waals surface area contributed by atoms with Crippen molar-refractivity contribution in [2.75, 3.05) is 46.5 Å². The summed E-state index contributed by atoms with van der Waals surface area (Å²) in [5.74, 6) is -3.05. The van der Waals surface area contributed by atoms with E-state index in [0.29, 0.717) is 49.7 Å². The third-order valence-electron chi connectivity index (χ3n) is 6.55. The van der Waals surface area contributed by atoms with Crippen molar-refractivity contribution in [3.05, 3.63) is 63.7 Å². The Balaban J connectivity index is 1.79. The number of rotatable bonds is 6. The predicted molar refractivity (Wildman–Crippen MR) is 124 cm³/mol. The first kappa shape index (κ1) is 24.6. The minimum atomic E-state index is -0.910. The third kappa shape index (κ3) is 4.59. The van der Waals surface area contributed by atoms with Crippen molar-refractivity contribution in [2.24, 2.45) is 0 Å². The summed E-state index contributed by atoms with van der Waals surface area (Å²) in [6.07, 6.45) is 0. The van der Waals surface area contributed by atoms with Crippen LogP contribution in [0.3, 0.4) is 0 Å². The standard InChI is InChI=1S/C25H28FN3O6/c1-14-18(15(2)27-20(14)25(33)34-3)22(30)19-21(16-4-6-17(26)7-5-16)29(24(32)23(19)31)9-8-28-10-12-35-13-11-28/h4-7,21,27,30H,8-13H2,1-3H3/t21-/m1/s1. The summed E-state index contributed by atoms with van der Waals surface area (Å²) in [6, 6.07) is 4.58. The molecular formula is C25H28FN3O6. The molecule has 0 unspecified atom stereocenters. The second-order valence-corrected chi connectivity index (χ2v) is 8.61. The fourth-order valence-electron chi connectivity index (χ4n) is 4.72. The first-order valence-corrected chi connectivity index (χ1v) is 11.4. The van der Waals surface area contributed by atoms with Gasteiger partial charge in [-0.3, -0.25) is 14.5 Å². The van der Waals surface area contributed by atoms with Gasteiger partial charge in [0.05, 0.1) is 31.9 Å². The molecular weight excluding hydrogens is 457 g/mol. The number of aliphatic hydroxyl groups is 1. The summed E-state index contributed by atoms with van der Waals surface area (Å²) < 4.78 is 23.8. The number of hydrogen-bond acceptors (Lipinski definition) is 7. The van der Waals surface area contributed by atoms with Gasteiger partial charge in [0.15, 0.2) is 0 Å². The van der Waals surface area contributed by atoms with E-state index in [9.17, 15) is 23.9 Å². The smallest absolute Gasteiger partial charge is 0.354 e. The molecule has 0 saturated carbocycles. The molecule has 4 rings (SSSR count). The highest BCUT2D eigenvalue weighted by Crippen LogP contribution is 2.40. The van der Waals surface area contributed by atoms with Gasteiger partial charge >= 0.3 is 5.97 Å². The molecule has 2 aromatic rings. The molecule has 2 saturated heterocycles. The number of nitrogens with zero attached hydrogens (tertiary/aromatic N) is 2. The lowest BCUT2D eigenvalue weighted by molar-refractivity contribution is -0.140. The molecule has 2 fully saturated rings. The van der Waals surface area contributed by atoms with Gasteiger partial charge in [-0.1, -0.05) is 12.1 Å². The van der Waals surface area contributed by atoms with Crippen LogP contribution in [0.5, 0.6) is 0 Å². The number of carbonyl (C=O) groups is 3. The van der Waals surface area contributed by atoms with Gasteiger partial charge in [0.1, 0.15) is 17.3 Å². The average molecular weight is 486 g/mol. The molecule has 1 atom stereocenters. The lowest BCUT2D eigenvalue weighted by Gasteiger charge is -2.31. The Labute approximate surface area is 202 Å². The van der Waals surface area contributed by atoms with E-state index >= 15 is 0 Å². The van der Waals surface area contributed by atoms with Gasteiger partial charge in [-0.25, -0.2) is 9.18 Å². The van der Waals surface area contributed by atoms with Crippen LogP contribution in [-0.4, -0.2) is 84.1 Å². The van der Waals surface area contributed by atoms with Crippen molar-refractivity contribution in [2.45, 2.75) is 19.9 Å². The number of methoxy groups -OCH3 is 1. The third-order valence-corrected chi connectivity index (χ3v) is 6.55. The van der Waals surface area contributed by atoms with Crippen molar-refractivity contribution in [1.29, 1.82) is 0 Å². The number of hydrogen-bond donors (Lipinski definition) is 2. The van der Waals surface area contributed by atoms with Crippen LogP contribution in [0.1, 0.15) is 38.9 Å². The zero-order valence-electron chi connectivity index (χ0n) is 19.9. The number of halogens is 1. The number of morpholine rings is 1. The number of aromatic amines is 1. The average Bonchev–Trinajstić information content (AvgIpc) is 3.30. The van der Waals surface area contributed by atoms with Crippen LogP contribution < -0.4 is 0 Å². The summed E-state index contributed by atoms with van der Waals surface area (Å²) in [6.45, 7) is 6.63. The number of H-pyrrole nitrogens is 1. The van der Waals surface area contributed by atoms with Crippen molar-refractivity contribution >= 4 is 23.4 Å². The number of aliphatic hydroxyl groups excluding tert-OH is 1. The van der Waals surface area contributed by atoms with E-state index in [1.165, 1.54) is 36.3 Å². The van der Waals surface area contributed by atoms with Crippen LogP contribution in [0.25, 0.3) is 5.76 Å². The first-order chi connectivity index (χ1) is 16.7. The quantitative estimate of drug-likeness (QED) is 0.280. The summed E-state index contributed by atoms with van der Waals surface area (Å²) in [5, 5.41) is 11.4. The topological polar surface area (TPSA) is 112 Å². The van der Waals surface area contributed by atoms with E-state index < -0.39 is 35.3 Å². The molecule has 1 amide bonds. The van der Waals surface area contributed by atoms with E-state index in [1.54, 1.807) is 13.8 Å². The lowest BCUT2D eigenvalue weighted by atomic mass is 9.94. The Bertz CT molecular complexity index is 1180. The Kier molecular flexibility index (Phi) is 7.04. The number of ketones is 1. The van der Waals surface area contributed by atoms with E-state index in [2.05, 4.69) is 9.88 Å². The zero-order valence-corrected chi connectivity index (χ0v) is 19.9. The number of ether oxygens (including phenoxy) is 2. The maximum atomic E-state index is 13.7. The van der Waals surface area contributed by atoms with E-state index in [0.717, 1.165) is 0 Å². The first-order valence-electron chi connectivity index (χ1n) is 11.4. The molecule has 0 radical (unpaired) electrons. The minimum Gasteiger partial charge on any atom is -0.507 e. The fraction of sp³-hybridized carbons (Fsp3) is 0.400. The molecule has 9 nitrogen and oxygen atoms in total. The molecule has 186 valence electrons. The highest BCUT2D eigenvalue weighted by molar-refractivity contribution is 6.46. The summed E-state index contributed by atoms with van der Waals surface area (Å²) in [5.41, 5.74) is 1.62. The van der Waals surface area contributed by atoms with Gasteiger partial charge in [0.2, 0.25) is 0 Å². The predicted octanol–water partition coefficient (Wildman–Crippen LogP) is 2.31. The Morgan fingerprint density at radius 2 is 1.83 bits per heavy atom. The SMILES string of the molecule is COC(=O)c1[nH]c(C)c(C(O)=C2C(=O)C(=O)N(CCN3CCOCC3)[C@@H]2c2ccc(F)cc2)c1C.